The van der Waals surface area contributed by atoms with Crippen LogP contribution in [0.1, 0.15) is 35.3 Å². The van der Waals surface area contributed by atoms with Crippen LogP contribution >= 0.6 is 11.6 Å². The average molecular weight is 492 g/mol. The van der Waals surface area contributed by atoms with Crippen LogP contribution < -0.4 is 14.2 Å². The molecule has 0 saturated heterocycles. The summed E-state index contributed by atoms with van der Waals surface area (Å²) in [4.78, 5) is 29.3. The lowest BCUT2D eigenvalue weighted by molar-refractivity contribution is -0.129. The molecule has 1 heterocycles. The maximum absolute atomic E-state index is 12.6. The molecule has 0 amide bonds. The Bertz CT molecular complexity index is 1310. The maximum Gasteiger partial charge on any atom is 0.363 e. The predicted octanol–water partition coefficient (Wildman–Crippen LogP) is 5.70. The molecule has 3 aromatic carbocycles. The van der Waals surface area contributed by atoms with Gasteiger partial charge in [0.1, 0.15) is 5.75 Å². The van der Waals surface area contributed by atoms with Crippen molar-refractivity contribution in [1.82, 2.24) is 0 Å². The Kier molecular flexibility index (Phi) is 7.48. The summed E-state index contributed by atoms with van der Waals surface area (Å²) in [6.07, 6.45) is 1.58. The van der Waals surface area contributed by atoms with Crippen LogP contribution in [-0.4, -0.2) is 31.1 Å². The number of cyclic esters (lactones) is 1. The van der Waals surface area contributed by atoms with Gasteiger partial charge in [-0.05, 0) is 74.0 Å². The van der Waals surface area contributed by atoms with Gasteiger partial charge in [-0.3, -0.25) is 0 Å². The molecule has 0 N–H and O–H groups in total. The Morgan fingerprint density at radius 2 is 1.71 bits per heavy atom. The molecule has 0 saturated carbocycles. The lowest BCUT2D eigenvalue weighted by Crippen LogP contribution is -2.10. The zero-order valence-electron chi connectivity index (χ0n) is 19.1. The SMILES string of the molecule is CCOc1ccc(C2=N/C(=C\c3ccc(OC(=O)c4ccccc4Cl)c(OCC)c3)C(=O)O2)cc1. The molecule has 7 nitrogen and oxygen atoms in total. The number of ether oxygens (including phenoxy) is 4. The highest BCUT2D eigenvalue weighted by atomic mass is 35.5. The summed E-state index contributed by atoms with van der Waals surface area (Å²) in [6.45, 7) is 4.62. The molecule has 1 aliphatic rings. The van der Waals surface area contributed by atoms with E-state index in [0.717, 1.165) is 5.75 Å². The van der Waals surface area contributed by atoms with Crippen molar-refractivity contribution in [2.24, 2.45) is 4.99 Å². The molecule has 35 heavy (non-hydrogen) atoms. The van der Waals surface area contributed by atoms with Gasteiger partial charge in [0.25, 0.3) is 0 Å². The molecule has 4 rings (SSSR count). The number of nitrogens with zero attached hydrogens (tertiary/aromatic N) is 1. The number of rotatable bonds is 8. The van der Waals surface area contributed by atoms with Crippen molar-refractivity contribution in [3.05, 3.63) is 94.1 Å². The van der Waals surface area contributed by atoms with Crippen LogP contribution in [0.3, 0.4) is 0 Å². The number of carbonyl (C=O) groups is 2. The Balaban J connectivity index is 1.57. The van der Waals surface area contributed by atoms with Crippen LogP contribution in [0.15, 0.2) is 77.4 Å². The van der Waals surface area contributed by atoms with Crippen LogP contribution in [0, 0.1) is 0 Å². The maximum atomic E-state index is 12.6. The molecular weight excluding hydrogens is 470 g/mol. The van der Waals surface area contributed by atoms with Gasteiger partial charge in [0.15, 0.2) is 17.2 Å². The number of carbonyl (C=O) groups excluding carboxylic acids is 2. The highest BCUT2D eigenvalue weighted by molar-refractivity contribution is 6.33. The summed E-state index contributed by atoms with van der Waals surface area (Å²) in [5, 5.41) is 0.290. The van der Waals surface area contributed by atoms with E-state index in [2.05, 4.69) is 4.99 Å². The molecule has 0 atom stereocenters. The van der Waals surface area contributed by atoms with E-state index in [4.69, 9.17) is 30.5 Å². The van der Waals surface area contributed by atoms with Gasteiger partial charge in [-0.1, -0.05) is 29.8 Å². The Labute approximate surface area is 207 Å². The normalized spacial score (nSPS) is 13.9. The topological polar surface area (TPSA) is 83.4 Å². The third-order valence-electron chi connectivity index (χ3n) is 4.90. The van der Waals surface area contributed by atoms with E-state index < -0.39 is 11.9 Å². The highest BCUT2D eigenvalue weighted by Gasteiger charge is 2.24. The fourth-order valence-corrected chi connectivity index (χ4v) is 3.51. The van der Waals surface area contributed by atoms with Crippen molar-refractivity contribution in [2.75, 3.05) is 13.2 Å². The molecule has 0 radical (unpaired) electrons. The Hall–Kier alpha value is -4.10. The zero-order chi connectivity index (χ0) is 24.8. The standard InChI is InChI=1S/C27H22ClNO6/c1-3-32-19-12-10-18(11-13-19)25-29-22(27(31)35-25)15-17-9-14-23(24(16-17)33-4-2)34-26(30)20-7-5-6-8-21(20)28/h5-16H,3-4H2,1-2H3/b22-15-. The minimum absolute atomic E-state index is 0.136. The van der Waals surface area contributed by atoms with Gasteiger partial charge in [-0.15, -0.1) is 0 Å². The third-order valence-corrected chi connectivity index (χ3v) is 5.23. The van der Waals surface area contributed by atoms with E-state index in [1.54, 1.807) is 72.8 Å². The Morgan fingerprint density at radius 3 is 2.43 bits per heavy atom. The molecule has 0 unspecified atom stereocenters. The van der Waals surface area contributed by atoms with E-state index in [0.29, 0.717) is 30.1 Å². The fourth-order valence-electron chi connectivity index (χ4n) is 3.30. The van der Waals surface area contributed by atoms with Gasteiger partial charge in [-0.25, -0.2) is 14.6 Å². The zero-order valence-corrected chi connectivity index (χ0v) is 19.9. The van der Waals surface area contributed by atoms with Crippen LogP contribution in [0.2, 0.25) is 5.02 Å². The summed E-state index contributed by atoms with van der Waals surface area (Å²) < 4.78 is 21.9. The fraction of sp³-hybridized carbons (Fsp3) is 0.148. The quantitative estimate of drug-likeness (QED) is 0.228. The number of hydrogen-bond donors (Lipinski definition) is 0. The van der Waals surface area contributed by atoms with Gasteiger partial charge in [0.2, 0.25) is 5.90 Å². The van der Waals surface area contributed by atoms with E-state index in [1.807, 2.05) is 13.8 Å². The first-order chi connectivity index (χ1) is 17.0. The van der Waals surface area contributed by atoms with E-state index in [1.165, 1.54) is 0 Å². The molecular formula is C27H22ClNO6. The van der Waals surface area contributed by atoms with Crippen molar-refractivity contribution in [3.63, 3.8) is 0 Å². The lowest BCUT2D eigenvalue weighted by atomic mass is 10.1. The minimum Gasteiger partial charge on any atom is -0.494 e. The largest absolute Gasteiger partial charge is 0.494 e. The van der Waals surface area contributed by atoms with Crippen molar-refractivity contribution < 1.29 is 28.5 Å². The molecule has 0 bridgehead atoms. The smallest absolute Gasteiger partial charge is 0.363 e. The van der Waals surface area contributed by atoms with Crippen molar-refractivity contribution in [1.29, 1.82) is 0 Å². The van der Waals surface area contributed by atoms with Gasteiger partial charge >= 0.3 is 11.9 Å². The van der Waals surface area contributed by atoms with E-state index in [9.17, 15) is 9.59 Å². The van der Waals surface area contributed by atoms with Gasteiger partial charge in [-0.2, -0.15) is 0 Å². The van der Waals surface area contributed by atoms with E-state index >= 15 is 0 Å². The monoisotopic (exact) mass is 491 g/mol. The molecule has 3 aromatic rings. The second-order valence-electron chi connectivity index (χ2n) is 7.30. The van der Waals surface area contributed by atoms with Gasteiger partial charge in [0, 0.05) is 5.56 Å². The number of benzene rings is 3. The van der Waals surface area contributed by atoms with Gasteiger partial charge in [0.05, 0.1) is 23.8 Å². The van der Waals surface area contributed by atoms with Crippen LogP contribution in [0.5, 0.6) is 17.2 Å². The molecule has 0 aromatic heterocycles. The average Bonchev–Trinajstić information content (AvgIpc) is 3.21. The second-order valence-corrected chi connectivity index (χ2v) is 7.71. The number of halogens is 1. The van der Waals surface area contributed by atoms with Gasteiger partial charge < -0.3 is 18.9 Å². The highest BCUT2D eigenvalue weighted by Crippen LogP contribution is 2.31. The first-order valence-electron chi connectivity index (χ1n) is 11.0. The van der Waals surface area contributed by atoms with Crippen molar-refractivity contribution in [2.45, 2.75) is 13.8 Å². The first-order valence-corrected chi connectivity index (χ1v) is 11.4. The number of hydrogen-bond acceptors (Lipinski definition) is 7. The molecule has 0 fully saturated rings. The third kappa shape index (κ3) is 5.70. The molecule has 0 aliphatic carbocycles. The van der Waals surface area contributed by atoms with Crippen LogP contribution in [-0.2, 0) is 9.53 Å². The second kappa shape index (κ2) is 10.9. The minimum atomic E-state index is -0.605. The van der Waals surface area contributed by atoms with Crippen LogP contribution in [0.25, 0.3) is 6.08 Å². The molecule has 0 spiro atoms. The lowest BCUT2D eigenvalue weighted by Gasteiger charge is -2.12. The Morgan fingerprint density at radius 1 is 0.971 bits per heavy atom. The molecule has 1 aliphatic heterocycles. The summed E-state index contributed by atoms with van der Waals surface area (Å²) in [7, 11) is 0. The van der Waals surface area contributed by atoms with Crippen LogP contribution in [0.4, 0.5) is 0 Å². The molecule has 8 heteroatoms. The number of esters is 2. The summed E-state index contributed by atoms with van der Waals surface area (Å²) in [5.74, 6) is 0.318. The molecule has 178 valence electrons. The number of aliphatic imine (C=N–C) groups is 1. The predicted molar refractivity (Wildman–Crippen MR) is 132 cm³/mol. The summed E-state index contributed by atoms with van der Waals surface area (Å²) in [5.41, 5.74) is 1.65. The van der Waals surface area contributed by atoms with Crippen molar-refractivity contribution in [3.8, 4) is 17.2 Å². The summed E-state index contributed by atoms with van der Waals surface area (Å²) >= 11 is 6.10. The van der Waals surface area contributed by atoms with Crippen molar-refractivity contribution >= 4 is 35.5 Å². The summed E-state index contributed by atoms with van der Waals surface area (Å²) in [6, 6.07) is 18.7. The first kappa shape index (κ1) is 24.0. The van der Waals surface area contributed by atoms with E-state index in [-0.39, 0.29) is 27.9 Å².